The quantitative estimate of drug-likeness (QED) is 0.288. The lowest BCUT2D eigenvalue weighted by atomic mass is 10.2. The minimum absolute atomic E-state index is 0.524. The van der Waals surface area contributed by atoms with Crippen LogP contribution in [-0.2, 0) is 12.3 Å². The zero-order chi connectivity index (χ0) is 22.5. The second-order valence-electron chi connectivity index (χ2n) is 6.99. The van der Waals surface area contributed by atoms with E-state index in [1.807, 2.05) is 76.8 Å². The van der Waals surface area contributed by atoms with Gasteiger partial charge in [0.05, 0.1) is 29.7 Å². The van der Waals surface area contributed by atoms with Gasteiger partial charge in [-0.25, -0.2) is 4.68 Å². The minimum Gasteiger partial charge on any atom is -0.497 e. The van der Waals surface area contributed by atoms with Crippen LogP contribution in [-0.4, -0.2) is 31.7 Å². The highest BCUT2D eigenvalue weighted by atomic mass is 32.2. The van der Waals surface area contributed by atoms with Crippen molar-refractivity contribution in [3.8, 4) is 28.9 Å². The molecule has 0 saturated heterocycles. The summed E-state index contributed by atoms with van der Waals surface area (Å²) in [6.45, 7) is 6.30. The number of methoxy groups -OCH3 is 1. The van der Waals surface area contributed by atoms with Gasteiger partial charge in [-0.3, -0.25) is 4.57 Å². The van der Waals surface area contributed by atoms with Gasteiger partial charge in [-0.05, 0) is 43.3 Å². The fourth-order valence-corrected chi connectivity index (χ4v) is 4.36. The van der Waals surface area contributed by atoms with Crippen molar-refractivity contribution < 1.29 is 4.74 Å². The Kier molecular flexibility index (Phi) is 6.38. The molecule has 0 aliphatic carbocycles. The van der Waals surface area contributed by atoms with Crippen LogP contribution in [0.5, 0.6) is 5.75 Å². The van der Waals surface area contributed by atoms with Gasteiger partial charge in [0, 0.05) is 17.9 Å². The molecule has 2 aromatic heterocycles. The molecule has 0 N–H and O–H groups in total. The first-order valence-corrected chi connectivity index (χ1v) is 11.0. The molecule has 0 bridgehead atoms. The van der Waals surface area contributed by atoms with Crippen LogP contribution in [0.25, 0.3) is 17.1 Å². The highest BCUT2D eigenvalue weighted by Gasteiger charge is 2.19. The molecule has 4 rings (SSSR count). The lowest BCUT2D eigenvalue weighted by Gasteiger charge is -2.10. The number of benzene rings is 2. The number of nitrogens with zero attached hydrogens (tertiary/aromatic N) is 6. The second kappa shape index (κ2) is 9.54. The number of hydrogen-bond donors (Lipinski definition) is 0. The highest BCUT2D eigenvalue weighted by Crippen LogP contribution is 2.30. The van der Waals surface area contributed by atoms with Gasteiger partial charge in [-0.15, -0.1) is 16.8 Å². The number of thioether (sulfide) groups is 1. The maximum Gasteiger partial charge on any atom is 0.192 e. The summed E-state index contributed by atoms with van der Waals surface area (Å²) >= 11 is 1.52. The van der Waals surface area contributed by atoms with E-state index in [2.05, 4.69) is 27.9 Å². The first-order valence-electron chi connectivity index (χ1n) is 10.0. The van der Waals surface area contributed by atoms with Crippen molar-refractivity contribution in [1.82, 2.24) is 24.5 Å². The number of rotatable bonds is 8. The molecule has 0 aliphatic heterocycles. The summed E-state index contributed by atoms with van der Waals surface area (Å²) in [6.07, 6.45) is 1.82. The monoisotopic (exact) mass is 442 g/mol. The van der Waals surface area contributed by atoms with Crippen LogP contribution in [0.2, 0.25) is 0 Å². The molecule has 4 aromatic rings. The third kappa shape index (κ3) is 4.15. The van der Waals surface area contributed by atoms with Gasteiger partial charge in [-0.1, -0.05) is 36.0 Å². The topological polar surface area (TPSA) is 81.5 Å². The summed E-state index contributed by atoms with van der Waals surface area (Å²) in [5, 5.41) is 23.9. The SMILES string of the molecule is C=CCn1c(SCc2c(C#N)c(C)nn2-c2ccccc2)nnc1-c1ccc(OC)cc1. The van der Waals surface area contributed by atoms with Crippen molar-refractivity contribution in [1.29, 1.82) is 5.26 Å². The highest BCUT2D eigenvalue weighted by molar-refractivity contribution is 7.98. The second-order valence-corrected chi connectivity index (χ2v) is 7.93. The summed E-state index contributed by atoms with van der Waals surface area (Å²) in [4.78, 5) is 0. The van der Waals surface area contributed by atoms with Crippen LogP contribution >= 0.6 is 11.8 Å². The molecular formula is C24H22N6OS. The molecule has 0 radical (unpaired) electrons. The van der Waals surface area contributed by atoms with Crippen molar-refractivity contribution >= 4 is 11.8 Å². The third-order valence-electron chi connectivity index (χ3n) is 4.98. The molecule has 160 valence electrons. The van der Waals surface area contributed by atoms with E-state index >= 15 is 0 Å². The molecule has 0 saturated carbocycles. The zero-order valence-corrected chi connectivity index (χ0v) is 18.7. The Labute approximate surface area is 191 Å². The number of para-hydroxylation sites is 1. The van der Waals surface area contributed by atoms with Crippen molar-refractivity contribution in [2.24, 2.45) is 0 Å². The van der Waals surface area contributed by atoms with E-state index in [-0.39, 0.29) is 0 Å². The van der Waals surface area contributed by atoms with Crippen molar-refractivity contribution in [2.45, 2.75) is 24.4 Å². The largest absolute Gasteiger partial charge is 0.497 e. The van der Waals surface area contributed by atoms with Crippen molar-refractivity contribution in [3.05, 3.63) is 84.2 Å². The van der Waals surface area contributed by atoms with Gasteiger partial charge < -0.3 is 4.74 Å². The molecule has 0 unspecified atom stereocenters. The molecule has 0 amide bonds. The predicted octanol–water partition coefficient (Wildman–Crippen LogP) is 4.80. The average molecular weight is 443 g/mol. The minimum atomic E-state index is 0.524. The number of nitriles is 1. The van der Waals surface area contributed by atoms with E-state index in [1.165, 1.54) is 11.8 Å². The normalized spacial score (nSPS) is 10.7. The zero-order valence-electron chi connectivity index (χ0n) is 17.9. The number of aromatic nitrogens is 5. The van der Waals surface area contributed by atoms with Crippen molar-refractivity contribution in [2.75, 3.05) is 7.11 Å². The molecule has 0 spiro atoms. The lowest BCUT2D eigenvalue weighted by molar-refractivity contribution is 0.415. The third-order valence-corrected chi connectivity index (χ3v) is 5.96. The molecule has 8 heteroatoms. The first-order chi connectivity index (χ1) is 15.7. The molecule has 0 atom stereocenters. The number of aryl methyl sites for hydroxylation is 1. The van der Waals surface area contributed by atoms with E-state index in [0.29, 0.717) is 23.6 Å². The number of ether oxygens (including phenoxy) is 1. The number of hydrogen-bond acceptors (Lipinski definition) is 6. The lowest BCUT2D eigenvalue weighted by Crippen LogP contribution is -2.04. The Morgan fingerprint density at radius 3 is 2.53 bits per heavy atom. The van der Waals surface area contributed by atoms with Gasteiger partial charge in [0.25, 0.3) is 0 Å². The summed E-state index contributed by atoms with van der Waals surface area (Å²) in [7, 11) is 1.64. The molecule has 2 heterocycles. The van der Waals surface area contributed by atoms with E-state index in [1.54, 1.807) is 7.11 Å². The standard InChI is InChI=1S/C24H22N6OS/c1-4-14-29-23(18-10-12-20(31-3)13-11-18)26-27-24(29)32-16-22-21(15-25)17(2)28-30(22)19-8-6-5-7-9-19/h4-13H,1,14,16H2,2-3H3. The van der Waals surface area contributed by atoms with Crippen LogP contribution in [0, 0.1) is 18.3 Å². The van der Waals surface area contributed by atoms with Gasteiger partial charge in [-0.2, -0.15) is 10.4 Å². The van der Waals surface area contributed by atoms with Gasteiger partial charge in [0.1, 0.15) is 11.8 Å². The van der Waals surface area contributed by atoms with Gasteiger partial charge in [0.15, 0.2) is 11.0 Å². The van der Waals surface area contributed by atoms with Crippen LogP contribution in [0.15, 0.2) is 72.4 Å². The molecule has 2 aromatic carbocycles. The van der Waals surface area contributed by atoms with E-state index in [9.17, 15) is 5.26 Å². The maximum atomic E-state index is 9.72. The summed E-state index contributed by atoms with van der Waals surface area (Å²) in [6, 6.07) is 19.8. The summed E-state index contributed by atoms with van der Waals surface area (Å²) < 4.78 is 9.10. The molecule has 32 heavy (non-hydrogen) atoms. The molecular weight excluding hydrogens is 420 g/mol. The predicted molar refractivity (Wildman–Crippen MR) is 125 cm³/mol. The maximum absolute atomic E-state index is 9.72. The van der Waals surface area contributed by atoms with Gasteiger partial charge in [0.2, 0.25) is 0 Å². The van der Waals surface area contributed by atoms with Crippen molar-refractivity contribution in [3.63, 3.8) is 0 Å². The van der Waals surface area contributed by atoms with E-state index < -0.39 is 0 Å². The smallest absolute Gasteiger partial charge is 0.192 e. The van der Waals surface area contributed by atoms with Gasteiger partial charge >= 0.3 is 0 Å². The molecule has 0 fully saturated rings. The fourth-order valence-electron chi connectivity index (χ4n) is 3.41. The van der Waals surface area contributed by atoms with Crippen LogP contribution in [0.4, 0.5) is 0 Å². The Balaban J connectivity index is 1.67. The first kappa shape index (κ1) is 21.4. The Morgan fingerprint density at radius 1 is 1.12 bits per heavy atom. The average Bonchev–Trinajstić information content (AvgIpc) is 3.38. The summed E-state index contributed by atoms with van der Waals surface area (Å²) in [5.74, 6) is 2.06. The Hall–Kier alpha value is -3.83. The Bertz CT molecular complexity index is 1270. The van der Waals surface area contributed by atoms with Crippen LogP contribution < -0.4 is 4.74 Å². The Morgan fingerprint density at radius 2 is 1.88 bits per heavy atom. The fraction of sp³-hybridized carbons (Fsp3) is 0.167. The molecule has 7 nitrogen and oxygen atoms in total. The summed E-state index contributed by atoms with van der Waals surface area (Å²) in [5.41, 5.74) is 3.99. The molecule has 0 aliphatic rings. The van der Waals surface area contributed by atoms with E-state index in [4.69, 9.17) is 4.74 Å². The van der Waals surface area contributed by atoms with Crippen LogP contribution in [0.1, 0.15) is 17.0 Å². The van der Waals surface area contributed by atoms with E-state index in [0.717, 1.165) is 33.7 Å². The number of allylic oxidation sites excluding steroid dienone is 1. The van der Waals surface area contributed by atoms with Crippen LogP contribution in [0.3, 0.4) is 0 Å².